The van der Waals surface area contributed by atoms with E-state index in [2.05, 4.69) is 0 Å². The third-order valence-corrected chi connectivity index (χ3v) is 7.91. The van der Waals surface area contributed by atoms with Crippen LogP contribution in [0.5, 0.6) is 5.75 Å². The fourth-order valence-corrected chi connectivity index (χ4v) is 6.35. The monoisotopic (exact) mass is 455 g/mol. The lowest BCUT2D eigenvalue weighted by Gasteiger charge is -2.43. The second-order valence-corrected chi connectivity index (χ2v) is 9.95. The molecule has 4 heterocycles. The van der Waals surface area contributed by atoms with Crippen LogP contribution in [0.1, 0.15) is 64.6 Å². The number of esters is 1. The molecule has 9 heteroatoms. The first-order valence-electron chi connectivity index (χ1n) is 11.2. The number of ketones is 2. The van der Waals surface area contributed by atoms with E-state index in [9.17, 15) is 24.6 Å². The number of hydrogen-bond acceptors (Lipinski definition) is 9. The minimum Gasteiger partial charge on any atom is -0.507 e. The minimum absolute atomic E-state index is 0.0127. The zero-order valence-corrected chi connectivity index (χ0v) is 18.7. The number of rotatable bonds is 1. The number of carbonyl (C=O) groups is 3. The molecule has 2 bridgehead atoms. The average Bonchev–Trinajstić information content (AvgIpc) is 3.22. The number of aliphatic hydroxyl groups is 1. The molecule has 1 aliphatic carbocycles. The number of nitrogens with zero attached hydrogens (tertiary/aromatic N) is 1. The van der Waals surface area contributed by atoms with Crippen molar-refractivity contribution in [2.24, 2.45) is 0 Å². The van der Waals surface area contributed by atoms with Crippen molar-refractivity contribution in [2.45, 2.75) is 68.9 Å². The van der Waals surface area contributed by atoms with Gasteiger partial charge in [-0.25, -0.2) is 0 Å². The zero-order valence-electron chi connectivity index (χ0n) is 18.7. The highest BCUT2D eigenvalue weighted by Crippen LogP contribution is 2.57. The number of Topliss-reactive ketones (excluding diaryl/α,β-unsaturated/α-hetero) is 2. The topological polar surface area (TPSA) is 123 Å². The fraction of sp³-hybridized carbons (Fsp3) is 0.542. The highest BCUT2D eigenvalue weighted by atomic mass is 16.6. The van der Waals surface area contributed by atoms with Crippen molar-refractivity contribution in [3.8, 4) is 5.75 Å². The Morgan fingerprint density at radius 2 is 1.82 bits per heavy atom. The van der Waals surface area contributed by atoms with Gasteiger partial charge >= 0.3 is 5.97 Å². The Kier molecular flexibility index (Phi) is 4.13. The van der Waals surface area contributed by atoms with Crippen molar-refractivity contribution in [3.63, 3.8) is 0 Å². The van der Waals surface area contributed by atoms with Gasteiger partial charge in [-0.2, -0.15) is 0 Å². The van der Waals surface area contributed by atoms with Crippen LogP contribution in [0.25, 0.3) is 0 Å². The molecule has 1 aromatic carbocycles. The summed E-state index contributed by atoms with van der Waals surface area (Å²) < 4.78 is 17.5. The van der Waals surface area contributed by atoms with Gasteiger partial charge in [-0.1, -0.05) is 0 Å². The predicted octanol–water partition coefficient (Wildman–Crippen LogP) is 1.15. The summed E-state index contributed by atoms with van der Waals surface area (Å²) in [6, 6.07) is 1.20. The molecule has 4 aliphatic heterocycles. The van der Waals surface area contributed by atoms with Gasteiger partial charge in [-0.15, -0.1) is 0 Å². The second-order valence-electron chi connectivity index (χ2n) is 9.95. The molecule has 2 saturated heterocycles. The normalized spacial score (nSPS) is 38.8. The number of phenols is 1. The summed E-state index contributed by atoms with van der Waals surface area (Å²) in [4.78, 5) is 41.5. The third-order valence-electron chi connectivity index (χ3n) is 7.91. The molecule has 0 unspecified atom stereocenters. The van der Waals surface area contributed by atoms with E-state index >= 15 is 0 Å². The first-order chi connectivity index (χ1) is 15.5. The first-order valence-corrected chi connectivity index (χ1v) is 11.2. The van der Waals surface area contributed by atoms with Crippen LogP contribution >= 0.6 is 0 Å². The molecule has 6 rings (SSSR count). The zero-order chi connectivity index (χ0) is 23.6. The molecule has 5 aliphatic rings. The molecule has 9 nitrogen and oxygen atoms in total. The lowest BCUT2D eigenvalue weighted by atomic mass is 9.73. The van der Waals surface area contributed by atoms with Crippen LogP contribution < -0.4 is 0 Å². The van der Waals surface area contributed by atoms with E-state index in [4.69, 9.17) is 14.2 Å². The molecule has 0 amide bonds. The van der Waals surface area contributed by atoms with Gasteiger partial charge in [0, 0.05) is 17.2 Å². The van der Waals surface area contributed by atoms with E-state index in [-0.39, 0.29) is 40.5 Å². The van der Waals surface area contributed by atoms with E-state index in [1.807, 2.05) is 19.0 Å². The van der Waals surface area contributed by atoms with Crippen molar-refractivity contribution >= 4 is 17.5 Å². The average molecular weight is 455 g/mol. The molecule has 7 atom stereocenters. The van der Waals surface area contributed by atoms with E-state index in [1.165, 1.54) is 6.07 Å². The summed E-state index contributed by atoms with van der Waals surface area (Å²) in [6.45, 7) is 3.40. The number of ether oxygens (including phenoxy) is 3. The van der Waals surface area contributed by atoms with Crippen LogP contribution in [0, 0.1) is 0 Å². The second kappa shape index (κ2) is 6.50. The maximum atomic E-state index is 14.0. The van der Waals surface area contributed by atoms with Crippen molar-refractivity contribution in [1.29, 1.82) is 0 Å². The standard InChI is InChI=1S/C24H25NO8/c1-8-15-19(22-13(31-8)7-14(27)32-22)21(29)18-16-9(5-11(26)17(18)20(15)28)24(2)23(30)10(25(3)4)6-12(16)33-24/h5,8,10,12-13,22-23,26,30H,6-7H2,1-4H3/t8-,10+,12-,13+,22-,23+,24-/m0/s1. The van der Waals surface area contributed by atoms with Gasteiger partial charge in [0.2, 0.25) is 0 Å². The fourth-order valence-electron chi connectivity index (χ4n) is 6.35. The molecule has 0 radical (unpaired) electrons. The lowest BCUT2D eigenvalue weighted by molar-refractivity contribution is -0.194. The number of hydrogen-bond donors (Lipinski definition) is 2. The van der Waals surface area contributed by atoms with Gasteiger partial charge in [0.15, 0.2) is 17.7 Å². The van der Waals surface area contributed by atoms with Gasteiger partial charge < -0.3 is 29.3 Å². The highest BCUT2D eigenvalue weighted by Gasteiger charge is 2.59. The predicted molar refractivity (Wildman–Crippen MR) is 112 cm³/mol. The molecule has 0 saturated carbocycles. The van der Waals surface area contributed by atoms with Crippen LogP contribution in [0.4, 0.5) is 0 Å². The summed E-state index contributed by atoms with van der Waals surface area (Å²) >= 11 is 0. The maximum absolute atomic E-state index is 14.0. The van der Waals surface area contributed by atoms with E-state index in [0.717, 1.165) is 0 Å². The SMILES string of the molecule is C[C@@H]1O[C@@H]2CC(=O)O[C@@H]2C2=C1C(=O)c1c(O)cc3c(c1C2=O)[C@@H]1C[C@@H](N(C)C)[C@@H](O)[C@@]3(C)O1. The molecule has 0 spiro atoms. The molecular weight excluding hydrogens is 430 g/mol. The third kappa shape index (κ3) is 2.48. The molecule has 33 heavy (non-hydrogen) atoms. The number of benzene rings is 1. The number of carbonyl (C=O) groups excluding carboxylic acids is 3. The number of phenolic OH excluding ortho intramolecular Hbond substituents is 1. The summed E-state index contributed by atoms with van der Waals surface area (Å²) in [5, 5.41) is 22.1. The van der Waals surface area contributed by atoms with Gasteiger partial charge in [-0.3, -0.25) is 14.4 Å². The van der Waals surface area contributed by atoms with Crippen LogP contribution in [0.15, 0.2) is 17.2 Å². The maximum Gasteiger partial charge on any atom is 0.309 e. The number of aliphatic hydroxyl groups excluding tert-OH is 1. The Bertz CT molecular complexity index is 1190. The quantitative estimate of drug-likeness (QED) is 0.601. The van der Waals surface area contributed by atoms with Crippen LogP contribution in [-0.4, -0.2) is 77.2 Å². The highest BCUT2D eigenvalue weighted by molar-refractivity contribution is 6.29. The molecule has 174 valence electrons. The molecule has 2 N–H and O–H groups in total. The van der Waals surface area contributed by atoms with Gasteiger partial charge in [-0.05, 0) is 51.6 Å². The van der Waals surface area contributed by atoms with Crippen LogP contribution in [0.2, 0.25) is 0 Å². The summed E-state index contributed by atoms with van der Waals surface area (Å²) in [7, 11) is 3.73. The Balaban J connectivity index is 1.58. The lowest BCUT2D eigenvalue weighted by Crippen LogP contribution is -2.53. The van der Waals surface area contributed by atoms with Crippen LogP contribution in [-0.2, 0) is 24.6 Å². The minimum atomic E-state index is -1.15. The van der Waals surface area contributed by atoms with E-state index in [0.29, 0.717) is 17.5 Å². The molecule has 0 aromatic heterocycles. The van der Waals surface area contributed by atoms with Gasteiger partial charge in [0.25, 0.3) is 0 Å². The number of fused-ring (bicyclic) bond motifs is 9. The molecular formula is C24H25NO8. The first kappa shape index (κ1) is 21.0. The summed E-state index contributed by atoms with van der Waals surface area (Å²) in [6.07, 6.45) is -3.32. The Labute approximate surface area is 189 Å². The Hall–Kier alpha value is -2.59. The van der Waals surface area contributed by atoms with E-state index in [1.54, 1.807) is 13.8 Å². The Morgan fingerprint density at radius 1 is 1.12 bits per heavy atom. The molecule has 2 fully saturated rings. The van der Waals surface area contributed by atoms with E-state index < -0.39 is 53.7 Å². The molecule has 1 aromatic rings. The van der Waals surface area contributed by atoms with Crippen molar-refractivity contribution < 1.29 is 38.8 Å². The summed E-state index contributed by atoms with van der Waals surface area (Å²) in [5.74, 6) is -1.79. The smallest absolute Gasteiger partial charge is 0.309 e. The Morgan fingerprint density at radius 3 is 2.52 bits per heavy atom. The van der Waals surface area contributed by atoms with Crippen molar-refractivity contribution in [2.75, 3.05) is 14.1 Å². The van der Waals surface area contributed by atoms with Gasteiger partial charge in [0.1, 0.15) is 23.6 Å². The number of aromatic hydroxyl groups is 1. The van der Waals surface area contributed by atoms with Crippen molar-refractivity contribution in [1.82, 2.24) is 4.90 Å². The van der Waals surface area contributed by atoms with Crippen LogP contribution in [0.3, 0.4) is 0 Å². The van der Waals surface area contributed by atoms with Gasteiger partial charge in [0.05, 0.1) is 29.8 Å². The van der Waals surface area contributed by atoms with Crippen molar-refractivity contribution in [3.05, 3.63) is 39.5 Å². The number of likely N-dealkylation sites (N-methyl/N-ethyl adjacent to an activating group) is 1. The summed E-state index contributed by atoms with van der Waals surface area (Å²) in [5.41, 5.74) is 0.146. The largest absolute Gasteiger partial charge is 0.507 e.